The summed E-state index contributed by atoms with van der Waals surface area (Å²) in [5.74, 6) is -2.07. The van der Waals surface area contributed by atoms with Gasteiger partial charge in [0.15, 0.2) is 11.5 Å². The lowest BCUT2D eigenvalue weighted by Gasteiger charge is -2.18. The molecule has 0 bridgehead atoms. The average Bonchev–Trinajstić information content (AvgIpc) is 3.56. The van der Waals surface area contributed by atoms with Gasteiger partial charge in [-0.3, -0.25) is 0 Å². The molecule has 1 aromatic rings. The van der Waals surface area contributed by atoms with Crippen molar-refractivity contribution in [2.45, 2.75) is 27.7 Å². The molecule has 252 valence electrons. The smallest absolute Gasteiger partial charge is 0.339 e. The quantitative estimate of drug-likeness (QED) is 0.107. The summed E-state index contributed by atoms with van der Waals surface area (Å²) in [5, 5.41) is 0. The third kappa shape index (κ3) is 5.84. The molecule has 0 N–H and O–H groups in total. The molecule has 1 aliphatic heterocycles. The van der Waals surface area contributed by atoms with Crippen molar-refractivity contribution in [1.82, 2.24) is 0 Å². The Labute approximate surface area is 287 Å². The second-order valence-electron chi connectivity index (χ2n) is 10.7. The van der Waals surface area contributed by atoms with Crippen LogP contribution in [0.4, 0.5) is 0 Å². The van der Waals surface area contributed by atoms with Gasteiger partial charge in [0, 0.05) is 11.1 Å². The summed E-state index contributed by atoms with van der Waals surface area (Å²) in [5.41, 5.74) is 3.01. The molecule has 4 aliphatic carbocycles. The van der Waals surface area contributed by atoms with Gasteiger partial charge in [0.1, 0.15) is 13.2 Å². The lowest BCUT2D eigenvalue weighted by atomic mass is 10.0. The van der Waals surface area contributed by atoms with E-state index in [1.807, 2.05) is 0 Å². The second kappa shape index (κ2) is 14.4. The van der Waals surface area contributed by atoms with Crippen molar-refractivity contribution < 1.29 is 47.6 Å². The van der Waals surface area contributed by atoms with Gasteiger partial charge in [0.2, 0.25) is 0 Å². The van der Waals surface area contributed by atoms with Crippen LogP contribution in [0.15, 0.2) is 60.7 Å². The fraction of sp³-hybridized carbons (Fsp3) is 0.263. The molecule has 0 unspecified atom stereocenters. The van der Waals surface area contributed by atoms with E-state index in [9.17, 15) is 19.2 Å². The Morgan fingerprint density at radius 1 is 0.510 bits per heavy atom. The van der Waals surface area contributed by atoms with Crippen LogP contribution in [0.1, 0.15) is 69.1 Å². The Kier molecular flexibility index (Phi) is 9.82. The number of ether oxygens (including phenoxy) is 6. The van der Waals surface area contributed by atoms with Crippen molar-refractivity contribution in [3.63, 3.8) is 0 Å². The van der Waals surface area contributed by atoms with Crippen molar-refractivity contribution in [1.29, 1.82) is 0 Å². The molecule has 49 heavy (non-hydrogen) atoms. The van der Waals surface area contributed by atoms with E-state index in [0.29, 0.717) is 32.0 Å². The molecule has 0 aromatic carbocycles. The average molecular weight is 683 g/mol. The summed E-state index contributed by atoms with van der Waals surface area (Å²) < 4.78 is 34.7. The van der Waals surface area contributed by atoms with Crippen LogP contribution in [-0.2, 0) is 18.9 Å². The number of thiophene rings is 1. The predicted octanol–water partition coefficient (Wildman–Crippen LogP) is 7.77. The summed E-state index contributed by atoms with van der Waals surface area (Å²) in [6.07, 6.45) is 0. The van der Waals surface area contributed by atoms with Gasteiger partial charge in [0.25, 0.3) is 0 Å². The zero-order chi connectivity index (χ0) is 34.7. The lowest BCUT2D eigenvalue weighted by Crippen LogP contribution is -2.16. The van der Waals surface area contributed by atoms with E-state index in [1.54, 1.807) is 88.4 Å². The van der Waals surface area contributed by atoms with Gasteiger partial charge < -0.3 is 28.4 Å². The monoisotopic (exact) mass is 682 g/mol. The highest BCUT2D eigenvalue weighted by Gasteiger charge is 2.41. The molecule has 0 atom stereocenters. The van der Waals surface area contributed by atoms with E-state index in [-0.39, 0.29) is 84.5 Å². The highest BCUT2D eigenvalue weighted by atomic mass is 32.1. The first-order valence-electron chi connectivity index (χ1n) is 16.1. The lowest BCUT2D eigenvalue weighted by molar-refractivity contribution is 0.0512. The number of esters is 4. The van der Waals surface area contributed by atoms with Gasteiger partial charge in [-0.2, -0.15) is 0 Å². The third-order valence-corrected chi connectivity index (χ3v) is 9.11. The van der Waals surface area contributed by atoms with Gasteiger partial charge in [0.05, 0.1) is 58.4 Å². The molecule has 11 heteroatoms. The van der Waals surface area contributed by atoms with Crippen LogP contribution in [-0.4, -0.2) is 63.5 Å². The number of hydrogen-bond acceptors (Lipinski definition) is 11. The van der Waals surface area contributed by atoms with Gasteiger partial charge >= 0.3 is 23.9 Å². The largest absolute Gasteiger partial charge is 0.485 e. The molecule has 0 spiro atoms. The Bertz CT molecular complexity index is 1760. The summed E-state index contributed by atoms with van der Waals surface area (Å²) >= 11 is 1.12. The SMILES string of the molecule is CCOC(=O)c1c2cccccc-2c(C(=O)OCC)c1-c1sc(-c2c(C(=O)OCC)c3cccccc-3c2C(=O)OCC)c2c1OCCO2. The molecule has 0 radical (unpaired) electrons. The van der Waals surface area contributed by atoms with Crippen molar-refractivity contribution in [3.05, 3.63) is 82.9 Å². The highest BCUT2D eigenvalue weighted by Crippen LogP contribution is 2.59. The first kappa shape index (κ1) is 33.5. The molecule has 1 aromatic heterocycles. The number of fused-ring (bicyclic) bond motifs is 3. The van der Waals surface area contributed by atoms with E-state index in [2.05, 4.69) is 0 Å². The van der Waals surface area contributed by atoms with Crippen LogP contribution in [0, 0.1) is 0 Å². The van der Waals surface area contributed by atoms with Crippen LogP contribution in [0.2, 0.25) is 0 Å². The first-order chi connectivity index (χ1) is 23.9. The van der Waals surface area contributed by atoms with Crippen molar-refractivity contribution in [3.8, 4) is 54.6 Å². The Morgan fingerprint density at radius 2 is 0.796 bits per heavy atom. The maximum Gasteiger partial charge on any atom is 0.339 e. The van der Waals surface area contributed by atoms with Crippen LogP contribution in [0.25, 0.3) is 43.1 Å². The second-order valence-corrected chi connectivity index (χ2v) is 11.7. The summed E-state index contributed by atoms with van der Waals surface area (Å²) in [6.45, 7) is 7.51. The molecule has 0 saturated heterocycles. The van der Waals surface area contributed by atoms with E-state index in [4.69, 9.17) is 28.4 Å². The maximum absolute atomic E-state index is 13.8. The van der Waals surface area contributed by atoms with Crippen LogP contribution in [0.5, 0.6) is 11.5 Å². The van der Waals surface area contributed by atoms with Gasteiger partial charge in [-0.05, 0) is 49.9 Å². The minimum Gasteiger partial charge on any atom is -0.485 e. The Morgan fingerprint density at radius 3 is 1.06 bits per heavy atom. The van der Waals surface area contributed by atoms with Crippen molar-refractivity contribution in [2.75, 3.05) is 39.6 Å². The number of rotatable bonds is 10. The number of hydrogen-bond donors (Lipinski definition) is 0. The summed E-state index contributed by atoms with van der Waals surface area (Å²) in [6, 6.07) is 17.6. The zero-order valence-electron chi connectivity index (χ0n) is 27.5. The molecule has 0 saturated carbocycles. The van der Waals surface area contributed by atoms with Crippen molar-refractivity contribution >= 4 is 35.2 Å². The first-order valence-corrected chi connectivity index (χ1v) is 16.9. The van der Waals surface area contributed by atoms with Crippen LogP contribution >= 0.6 is 11.3 Å². The third-order valence-electron chi connectivity index (χ3n) is 7.92. The minimum absolute atomic E-state index is 0.0926. The minimum atomic E-state index is -0.643. The normalized spacial score (nSPS) is 12.1. The predicted molar refractivity (Wildman–Crippen MR) is 183 cm³/mol. The standard InChI is InChI=1S/C38H34O10S/c1-5-43-35(39)25-21-15-11-9-12-16-22(21)26(36(40)44-6-2)29(25)33-31-32(48-20-19-47-31)34(49-33)30-27(37(41)45-7-3)23-17-13-10-14-18-24(23)28(30)38(42)46-8-4/h9-18H,5-8,19-20H2,1-4H3. The fourth-order valence-corrected chi connectivity index (χ4v) is 7.46. The molecule has 6 rings (SSSR count). The molecule has 0 fully saturated rings. The van der Waals surface area contributed by atoms with E-state index < -0.39 is 23.9 Å². The van der Waals surface area contributed by atoms with E-state index in [1.165, 1.54) is 0 Å². The maximum atomic E-state index is 13.8. The number of carbonyl (C=O) groups excluding carboxylic acids is 4. The summed E-state index contributed by atoms with van der Waals surface area (Å²) in [4.78, 5) is 56.0. The van der Waals surface area contributed by atoms with Crippen LogP contribution in [0.3, 0.4) is 0 Å². The van der Waals surface area contributed by atoms with E-state index >= 15 is 0 Å². The Balaban J connectivity index is 1.77. The molecule has 10 nitrogen and oxygen atoms in total. The van der Waals surface area contributed by atoms with Gasteiger partial charge in [-0.1, -0.05) is 60.7 Å². The molecular formula is C38H34O10S. The zero-order valence-corrected chi connectivity index (χ0v) is 28.3. The fourth-order valence-electron chi connectivity index (χ4n) is 6.15. The van der Waals surface area contributed by atoms with Crippen molar-refractivity contribution in [2.24, 2.45) is 0 Å². The molecule has 5 aliphatic rings. The molecule has 2 heterocycles. The van der Waals surface area contributed by atoms with E-state index in [0.717, 1.165) is 11.3 Å². The van der Waals surface area contributed by atoms with Gasteiger partial charge in [-0.15, -0.1) is 11.3 Å². The van der Waals surface area contributed by atoms with Gasteiger partial charge in [-0.25, -0.2) is 19.2 Å². The topological polar surface area (TPSA) is 124 Å². The Hall–Kier alpha value is -5.42. The highest BCUT2D eigenvalue weighted by molar-refractivity contribution is 7.20. The van der Waals surface area contributed by atoms with Crippen LogP contribution < -0.4 is 9.47 Å². The molecular weight excluding hydrogens is 648 g/mol. The molecule has 0 amide bonds. The summed E-state index contributed by atoms with van der Waals surface area (Å²) in [7, 11) is 0. The number of carbonyl (C=O) groups is 4.